The molecule has 5 nitrogen and oxygen atoms in total. The van der Waals surface area contributed by atoms with Gasteiger partial charge in [-0.15, -0.1) is 90.0 Å². The van der Waals surface area contributed by atoms with Crippen LogP contribution in [0.25, 0.3) is 55.7 Å². The summed E-state index contributed by atoms with van der Waals surface area (Å²) in [6.07, 6.45) is -19.5. The third kappa shape index (κ3) is 11.5. The molecule has 0 spiro atoms. The van der Waals surface area contributed by atoms with E-state index >= 15 is 0 Å². The first kappa shape index (κ1) is 30.9. The number of pyridine rings is 3. The first-order valence-corrected chi connectivity index (χ1v) is 22.1. The molecule has 0 unspecified atom stereocenters. The molecule has 0 bridgehead atoms. The number of nitriles is 1. The van der Waals surface area contributed by atoms with Crippen LogP contribution in [-0.4, -0.2) is 15.0 Å². The molecule has 5 aromatic carbocycles. The van der Waals surface area contributed by atoms with Crippen LogP contribution in [0.3, 0.4) is 0 Å². The van der Waals surface area contributed by atoms with Gasteiger partial charge in [0.2, 0.25) is 0 Å². The van der Waals surface area contributed by atoms with Crippen molar-refractivity contribution in [3.63, 3.8) is 0 Å². The number of aryl methyl sites for hydroxylation is 6. The van der Waals surface area contributed by atoms with Crippen molar-refractivity contribution in [1.82, 2.24) is 15.0 Å². The molecule has 0 aliphatic heterocycles. The average Bonchev–Trinajstić information content (AvgIpc) is 0.829. The van der Waals surface area contributed by atoms with E-state index in [9.17, 15) is 27.2 Å². The first-order chi connectivity index (χ1) is 39.6. The van der Waals surface area contributed by atoms with Gasteiger partial charge >= 0.3 is 20.1 Å². The van der Waals surface area contributed by atoms with Gasteiger partial charge in [-0.05, 0) is 147 Å². The summed E-state index contributed by atoms with van der Waals surface area (Å²) in [5, 5.41) is 10.3. The van der Waals surface area contributed by atoms with E-state index in [0.29, 0.717) is 27.9 Å². The molecule has 0 saturated carbocycles. The molecule has 6 heteroatoms. The molecule has 4 heterocycles. The molecule has 9 rings (SSSR count). The van der Waals surface area contributed by atoms with Crippen molar-refractivity contribution in [2.75, 3.05) is 0 Å². The zero-order valence-corrected chi connectivity index (χ0v) is 41.5. The van der Waals surface area contributed by atoms with E-state index in [4.69, 9.17) is 7.16 Å². The molecule has 0 aliphatic rings. The standard InChI is InChI=1S/C63H59N4O.Ir/c1-41(2)55-34-58(47-15-10-8-11-16-47)65-39-50(55)26-22-44-29-43(30-45(31-44)23-27-51-40-66-59(35-56(51)42(3)4)48-17-12-9-13-18-48)21-25-49-38-67-60(33-52(49)36-63(5,6)7)54-20-14-19-53-57-32-46(37-64)24-28-61(57)68-62(53)54;/h8-15,17,19,24,28-35,38-42H,21-23,25-27,36H2,1-7H3;/q-3;+3/i21D2,22D2,23D2,24D,25D2,26D2,27D2,32D,36D2,41D,42D;. The Morgan fingerprint density at radius 3 is 1.68 bits per heavy atom. The zero-order chi connectivity index (χ0) is 63.5. The fourth-order valence-corrected chi connectivity index (χ4v) is 7.66. The van der Waals surface area contributed by atoms with Crippen LogP contribution in [0.15, 0.2) is 138 Å². The van der Waals surface area contributed by atoms with E-state index in [-0.39, 0.29) is 76.7 Å². The van der Waals surface area contributed by atoms with E-state index < -0.39 is 101 Å². The molecular weight excluding hydrogens is 1020 g/mol. The Bertz CT molecular complexity index is 4020. The monoisotopic (exact) mass is 1100 g/mol. The molecule has 0 radical (unpaired) electrons. The number of rotatable bonds is 15. The Labute approximate surface area is 447 Å². The summed E-state index contributed by atoms with van der Waals surface area (Å²) in [6, 6.07) is 35.1. The predicted molar refractivity (Wildman–Crippen MR) is 278 cm³/mol. The van der Waals surface area contributed by atoms with Gasteiger partial charge in [0.25, 0.3) is 0 Å². The third-order valence-corrected chi connectivity index (χ3v) is 10.9. The number of benzene rings is 5. The maximum absolute atomic E-state index is 9.96. The summed E-state index contributed by atoms with van der Waals surface area (Å²) in [5.74, 6) is -3.22. The minimum absolute atomic E-state index is 0. The van der Waals surface area contributed by atoms with Crippen LogP contribution in [0, 0.1) is 34.9 Å². The Morgan fingerprint density at radius 2 is 1.17 bits per heavy atom. The van der Waals surface area contributed by atoms with Crippen LogP contribution in [0.1, 0.15) is 141 Å². The Morgan fingerprint density at radius 1 is 0.638 bits per heavy atom. The second-order valence-corrected chi connectivity index (χ2v) is 17.7. The summed E-state index contributed by atoms with van der Waals surface area (Å²) in [7, 11) is 0. The van der Waals surface area contributed by atoms with Crippen LogP contribution >= 0.6 is 0 Å². The summed E-state index contributed by atoms with van der Waals surface area (Å²) in [4.78, 5) is 13.5. The van der Waals surface area contributed by atoms with Crippen molar-refractivity contribution in [2.45, 2.75) is 105 Å². The van der Waals surface area contributed by atoms with Gasteiger partial charge in [-0.25, -0.2) is 0 Å². The fourth-order valence-electron chi connectivity index (χ4n) is 7.66. The largest absolute Gasteiger partial charge is 3.00 e. The van der Waals surface area contributed by atoms with Crippen molar-refractivity contribution in [3.8, 4) is 39.8 Å². The normalized spacial score (nSPS) is 17.2. The zero-order valence-electron chi connectivity index (χ0n) is 57.1. The smallest absolute Gasteiger partial charge is 0.501 e. The van der Waals surface area contributed by atoms with Crippen molar-refractivity contribution in [2.24, 2.45) is 5.41 Å². The fraction of sp³-hybridized carbons (Fsp3) is 0.270. The summed E-state index contributed by atoms with van der Waals surface area (Å²) < 4.78 is 179. The summed E-state index contributed by atoms with van der Waals surface area (Å²) in [5.41, 5.74) is -3.98. The van der Waals surface area contributed by atoms with Gasteiger partial charge in [0.1, 0.15) is 5.58 Å². The maximum atomic E-state index is 9.96. The van der Waals surface area contributed by atoms with Crippen LogP contribution in [0.4, 0.5) is 0 Å². The number of furan rings is 1. The number of fused-ring (bicyclic) bond motifs is 3. The summed E-state index contributed by atoms with van der Waals surface area (Å²) in [6.45, 7) is 10.5. The van der Waals surface area contributed by atoms with Crippen molar-refractivity contribution < 1.29 is 49.2 Å². The van der Waals surface area contributed by atoms with Crippen molar-refractivity contribution in [3.05, 3.63) is 208 Å². The molecule has 69 heavy (non-hydrogen) atoms. The van der Waals surface area contributed by atoms with Crippen molar-refractivity contribution >= 4 is 21.9 Å². The van der Waals surface area contributed by atoms with Gasteiger partial charge in [-0.3, -0.25) is 0 Å². The van der Waals surface area contributed by atoms with E-state index in [1.54, 1.807) is 75.4 Å². The van der Waals surface area contributed by atoms with E-state index in [1.165, 1.54) is 58.0 Å². The molecule has 9 aromatic rings. The van der Waals surface area contributed by atoms with Gasteiger partial charge in [-0.1, -0.05) is 95.8 Å². The van der Waals surface area contributed by atoms with Crippen LogP contribution in [-0.2, 0) is 64.7 Å². The van der Waals surface area contributed by atoms with Crippen LogP contribution in [0.2, 0.25) is 0 Å². The maximum Gasteiger partial charge on any atom is 3.00 e. The number of hydrogen-bond acceptors (Lipinski definition) is 5. The molecule has 0 N–H and O–H groups in total. The first-order valence-electron chi connectivity index (χ1n) is 31.1. The molecular formula is C63H59IrN4O. The van der Waals surface area contributed by atoms with Crippen molar-refractivity contribution in [1.29, 1.82) is 5.26 Å². The Hall–Kier alpha value is -6.51. The topological polar surface area (TPSA) is 75.6 Å². The second-order valence-electron chi connectivity index (χ2n) is 17.7. The number of aromatic nitrogens is 3. The third-order valence-electron chi connectivity index (χ3n) is 10.9. The molecule has 0 saturated heterocycles. The molecule has 346 valence electrons. The van der Waals surface area contributed by atoms with Gasteiger partial charge in [-0.2, -0.15) is 5.26 Å². The van der Waals surface area contributed by atoms with Gasteiger partial charge in [0, 0.05) is 45.9 Å². The van der Waals surface area contributed by atoms with Gasteiger partial charge < -0.3 is 19.4 Å². The second kappa shape index (κ2) is 21.4. The van der Waals surface area contributed by atoms with Crippen LogP contribution in [0.5, 0.6) is 0 Å². The molecule has 0 fully saturated rings. The van der Waals surface area contributed by atoms with Gasteiger partial charge in [0.05, 0.1) is 20.0 Å². The number of nitrogens with zero attached hydrogens (tertiary/aromatic N) is 4. The molecule has 0 aliphatic carbocycles. The molecule has 4 aromatic heterocycles. The van der Waals surface area contributed by atoms with E-state index in [2.05, 4.69) is 33.2 Å². The predicted octanol–water partition coefficient (Wildman–Crippen LogP) is 15.2. The number of hydrogen-bond donors (Lipinski definition) is 0. The SMILES string of the molecule is [2H]c1cc2oc3c(-c4cc(C([2H])([2H])C(C)(C)C)c(C([2H])([2H])C([2H])([2H])c5cc(C([2H])([2H])C([2H])([2H])c6cnc(-c7[c-]cccc7)cc6C([2H])(C)C)cc(C([2H])([2H])C([2H])([2H])c6cnc(-c7[c-]cccc7)cc6C([2H])(C)C)c5)cn4)[c-]ccc3c2c([2H])c1C#N.[Ir+3]. The van der Waals surface area contributed by atoms with E-state index in [0.717, 1.165) is 36.8 Å². The van der Waals surface area contributed by atoms with Crippen LogP contribution < -0.4 is 0 Å². The van der Waals surface area contributed by atoms with Gasteiger partial charge in [0.15, 0.2) is 0 Å². The van der Waals surface area contributed by atoms with E-state index in [1.807, 2.05) is 6.07 Å². The molecule has 0 amide bonds. The molecule has 0 atom stereocenters. The summed E-state index contributed by atoms with van der Waals surface area (Å²) >= 11 is 0. The average molecular weight is 1100 g/mol. The quantitative estimate of drug-likeness (QED) is 0.0956. The Balaban J connectivity index is 0.00000982. The minimum Gasteiger partial charge on any atom is -0.501 e. The minimum atomic E-state index is -3.50. The Kier molecular flexibility index (Phi) is 9.58.